The fourth-order valence-corrected chi connectivity index (χ4v) is 4.36. The van der Waals surface area contributed by atoms with E-state index in [9.17, 15) is 0 Å². The summed E-state index contributed by atoms with van der Waals surface area (Å²) in [5.41, 5.74) is 22.6. The average molecular weight is 442 g/mol. The zero-order valence-corrected chi connectivity index (χ0v) is 18.9. The number of hydrogen-bond donors (Lipinski definition) is 4. The van der Waals surface area contributed by atoms with Crippen LogP contribution in [-0.2, 0) is 15.7 Å². The number of nitrogen functional groups attached to an aromatic ring is 3. The first-order valence-corrected chi connectivity index (χ1v) is 10.9. The van der Waals surface area contributed by atoms with Crippen molar-refractivity contribution in [3.63, 3.8) is 0 Å². The third-order valence-electron chi connectivity index (χ3n) is 6.67. The first kappa shape index (κ1) is 21.3. The van der Waals surface area contributed by atoms with E-state index in [0.717, 1.165) is 27.5 Å². The molecule has 168 valence electrons. The average Bonchev–Trinajstić information content (AvgIpc) is 3.26. The molecule has 33 heavy (non-hydrogen) atoms. The van der Waals surface area contributed by atoms with Gasteiger partial charge in [-0.25, -0.2) is 4.98 Å². The summed E-state index contributed by atoms with van der Waals surface area (Å²) in [6.07, 6.45) is 2.40. The van der Waals surface area contributed by atoms with Crippen LogP contribution in [0, 0.1) is 0 Å². The number of pyridine rings is 1. The Kier molecular flexibility index (Phi) is 4.84. The molecule has 0 radical (unpaired) electrons. The Morgan fingerprint density at radius 3 is 2.21 bits per heavy atom. The highest BCUT2D eigenvalue weighted by Crippen LogP contribution is 2.43. The summed E-state index contributed by atoms with van der Waals surface area (Å²) >= 11 is 0. The minimum Gasteiger partial charge on any atom is -0.399 e. The van der Waals surface area contributed by atoms with Gasteiger partial charge in [0.2, 0.25) is 0 Å². The van der Waals surface area contributed by atoms with Crippen LogP contribution >= 0.6 is 0 Å². The third kappa shape index (κ3) is 3.59. The second-order valence-corrected chi connectivity index (χ2v) is 9.27. The minimum absolute atomic E-state index is 0.471. The Hall–Kier alpha value is -3.56. The lowest BCUT2D eigenvalue weighted by atomic mass is 9.79. The van der Waals surface area contributed by atoms with Crippen molar-refractivity contribution in [2.75, 3.05) is 17.2 Å². The minimum atomic E-state index is -0.643. The summed E-state index contributed by atoms with van der Waals surface area (Å²) in [7, 11) is -0.499. The molecule has 8 nitrogen and oxygen atoms in total. The molecular formula is C24H27BN6O2. The number of benzene rings is 2. The molecule has 0 spiro atoms. The van der Waals surface area contributed by atoms with Gasteiger partial charge in [0.15, 0.2) is 5.65 Å². The molecule has 9 heteroatoms. The van der Waals surface area contributed by atoms with E-state index in [1.165, 1.54) is 0 Å². The molecule has 1 unspecified atom stereocenters. The Morgan fingerprint density at radius 2 is 1.55 bits per heavy atom. The van der Waals surface area contributed by atoms with Gasteiger partial charge in [0.05, 0.1) is 16.6 Å². The quantitative estimate of drug-likeness (QED) is 0.282. The lowest BCUT2D eigenvalue weighted by Gasteiger charge is -2.37. The van der Waals surface area contributed by atoms with Gasteiger partial charge in [0.1, 0.15) is 5.82 Å². The molecule has 0 bridgehead atoms. The van der Waals surface area contributed by atoms with E-state index >= 15 is 0 Å². The third-order valence-corrected chi connectivity index (χ3v) is 6.67. The van der Waals surface area contributed by atoms with Crippen LogP contribution < -0.4 is 22.7 Å². The molecule has 0 amide bonds. The van der Waals surface area contributed by atoms with Crippen LogP contribution in [0.2, 0.25) is 0 Å². The van der Waals surface area contributed by atoms with Gasteiger partial charge in [-0.15, -0.1) is 0 Å². The lowest BCUT2D eigenvalue weighted by molar-refractivity contribution is -0.00871. The standard InChI is InChI=1S/C24H27BN6O2/c1-23(2)24(3,33-25(32-23)16-6-10-18(27)11-7-16)12-15-13-29-22-20(21(28)30-31-22)19(15)14-4-8-17(26)9-5-14/h4-11,13H,12,26-27H2,1-3H3,(H3,28,29,30,31). The Bertz CT molecular complexity index is 1320. The number of anilines is 3. The normalized spacial score (nSPS) is 19.9. The lowest BCUT2D eigenvalue weighted by Crippen LogP contribution is -2.46. The number of hydrogen-bond acceptors (Lipinski definition) is 7. The van der Waals surface area contributed by atoms with Gasteiger partial charge in [-0.2, -0.15) is 5.10 Å². The monoisotopic (exact) mass is 442 g/mol. The van der Waals surface area contributed by atoms with Crippen molar-refractivity contribution < 1.29 is 9.31 Å². The largest absolute Gasteiger partial charge is 0.494 e. The van der Waals surface area contributed by atoms with Crippen LogP contribution in [0.5, 0.6) is 0 Å². The maximum atomic E-state index is 6.56. The highest BCUT2D eigenvalue weighted by atomic mass is 16.7. The number of aromatic nitrogens is 3. The summed E-state index contributed by atoms with van der Waals surface area (Å²) in [6, 6.07) is 15.3. The van der Waals surface area contributed by atoms with E-state index in [4.69, 9.17) is 26.5 Å². The Labute approximate surface area is 192 Å². The molecule has 1 aliphatic rings. The van der Waals surface area contributed by atoms with E-state index in [1.54, 1.807) is 0 Å². The van der Waals surface area contributed by atoms with Crippen LogP contribution in [0.1, 0.15) is 26.3 Å². The van der Waals surface area contributed by atoms with E-state index < -0.39 is 18.3 Å². The van der Waals surface area contributed by atoms with Gasteiger partial charge in [-0.3, -0.25) is 5.10 Å². The van der Waals surface area contributed by atoms with E-state index in [2.05, 4.69) is 22.1 Å². The molecule has 2 aromatic heterocycles. The Morgan fingerprint density at radius 1 is 0.909 bits per heavy atom. The molecule has 0 aliphatic carbocycles. The molecular weight excluding hydrogens is 415 g/mol. The van der Waals surface area contributed by atoms with Crippen LogP contribution in [0.15, 0.2) is 54.7 Å². The number of nitrogens with one attached hydrogen (secondary N) is 1. The van der Waals surface area contributed by atoms with E-state index in [0.29, 0.717) is 29.3 Å². The van der Waals surface area contributed by atoms with Gasteiger partial charge < -0.3 is 26.5 Å². The van der Waals surface area contributed by atoms with Gasteiger partial charge in [0, 0.05) is 29.6 Å². The van der Waals surface area contributed by atoms with Crippen LogP contribution in [0.4, 0.5) is 17.2 Å². The maximum absolute atomic E-state index is 6.56. The van der Waals surface area contributed by atoms with E-state index in [1.807, 2.05) is 68.6 Å². The van der Waals surface area contributed by atoms with Gasteiger partial charge >= 0.3 is 7.12 Å². The SMILES string of the molecule is CC1(C)OB(c2ccc(N)cc2)OC1(C)Cc1cnc2n[nH]c(N)c2c1-c1ccc(N)cc1. The zero-order chi connectivity index (χ0) is 23.4. The molecule has 1 saturated heterocycles. The first-order valence-electron chi connectivity index (χ1n) is 10.9. The first-order chi connectivity index (χ1) is 15.7. The molecule has 3 heterocycles. The molecule has 0 saturated carbocycles. The summed E-state index contributed by atoms with van der Waals surface area (Å²) < 4.78 is 12.9. The van der Waals surface area contributed by atoms with Crippen molar-refractivity contribution in [2.24, 2.45) is 0 Å². The summed E-state index contributed by atoms with van der Waals surface area (Å²) in [5, 5.41) is 7.88. The molecule has 1 fully saturated rings. The van der Waals surface area contributed by atoms with Gasteiger partial charge in [-0.1, -0.05) is 24.3 Å². The second kappa shape index (κ2) is 7.50. The highest BCUT2D eigenvalue weighted by Gasteiger charge is 2.54. The maximum Gasteiger partial charge on any atom is 0.494 e. The molecule has 4 aromatic rings. The van der Waals surface area contributed by atoms with Crippen molar-refractivity contribution >= 4 is 40.8 Å². The fourth-order valence-electron chi connectivity index (χ4n) is 4.36. The van der Waals surface area contributed by atoms with Crippen LogP contribution in [-0.4, -0.2) is 33.5 Å². The van der Waals surface area contributed by atoms with Crippen molar-refractivity contribution in [1.29, 1.82) is 0 Å². The van der Waals surface area contributed by atoms with Crippen molar-refractivity contribution in [3.05, 3.63) is 60.3 Å². The van der Waals surface area contributed by atoms with E-state index in [-0.39, 0.29) is 0 Å². The molecule has 1 atom stereocenters. The van der Waals surface area contributed by atoms with Gasteiger partial charge in [-0.05, 0) is 61.6 Å². The van der Waals surface area contributed by atoms with Crippen molar-refractivity contribution in [3.8, 4) is 11.1 Å². The fraction of sp³-hybridized carbons (Fsp3) is 0.250. The van der Waals surface area contributed by atoms with Crippen molar-refractivity contribution in [1.82, 2.24) is 15.2 Å². The predicted molar refractivity (Wildman–Crippen MR) is 133 cm³/mol. The second-order valence-electron chi connectivity index (χ2n) is 9.27. The molecule has 1 aliphatic heterocycles. The number of H-pyrrole nitrogens is 1. The number of nitrogens with two attached hydrogens (primary N) is 3. The van der Waals surface area contributed by atoms with Crippen LogP contribution in [0.25, 0.3) is 22.2 Å². The molecule has 7 N–H and O–H groups in total. The van der Waals surface area contributed by atoms with Crippen molar-refractivity contribution in [2.45, 2.75) is 38.4 Å². The summed E-state index contributed by atoms with van der Waals surface area (Å²) in [6.45, 7) is 6.16. The smallest absolute Gasteiger partial charge is 0.399 e. The summed E-state index contributed by atoms with van der Waals surface area (Å²) in [5.74, 6) is 0.471. The number of nitrogens with zero attached hydrogens (tertiary/aromatic N) is 2. The molecule has 2 aromatic carbocycles. The predicted octanol–water partition coefficient (Wildman–Crippen LogP) is 2.89. The number of aromatic amines is 1. The van der Waals surface area contributed by atoms with Crippen LogP contribution in [0.3, 0.4) is 0 Å². The highest BCUT2D eigenvalue weighted by molar-refractivity contribution is 6.62. The zero-order valence-electron chi connectivity index (χ0n) is 18.9. The van der Waals surface area contributed by atoms with Gasteiger partial charge in [0.25, 0.3) is 0 Å². The molecule has 5 rings (SSSR count). The number of rotatable bonds is 4. The summed E-state index contributed by atoms with van der Waals surface area (Å²) in [4.78, 5) is 4.56. The topological polar surface area (TPSA) is 138 Å². The number of fused-ring (bicyclic) bond motifs is 1. The Balaban J connectivity index is 1.58.